The third-order valence-corrected chi connectivity index (χ3v) is 4.79. The number of aromatic nitrogens is 2. The second kappa shape index (κ2) is 8.27. The second-order valence-corrected chi connectivity index (χ2v) is 6.83. The number of aliphatic carboxylic acids is 1. The maximum Gasteiger partial charge on any atom is 0.304 e. The Labute approximate surface area is 154 Å². The Bertz CT molecular complexity index is 864. The number of rotatable bonds is 8. The molecule has 0 fully saturated rings. The highest BCUT2D eigenvalue weighted by molar-refractivity contribution is 7.99. The summed E-state index contributed by atoms with van der Waals surface area (Å²) >= 11 is 7.32. The summed E-state index contributed by atoms with van der Waals surface area (Å²) in [6.07, 6.45) is 0.106. The van der Waals surface area contributed by atoms with Crippen LogP contribution in [0.2, 0.25) is 5.02 Å². The average Bonchev–Trinajstić information content (AvgIpc) is 2.94. The third-order valence-electron chi connectivity index (χ3n) is 3.56. The molecule has 25 heavy (non-hydrogen) atoms. The fourth-order valence-electron chi connectivity index (χ4n) is 2.39. The van der Waals surface area contributed by atoms with Crippen LogP contribution in [0, 0.1) is 0 Å². The fraction of sp³-hybridized carbons (Fsp3) is 0.222. The van der Waals surface area contributed by atoms with Crippen LogP contribution in [-0.2, 0) is 11.3 Å². The SMILES string of the molecule is O=C(O)CCSc1nc2ccccc2n1CCOc1ccc(Cl)cc1. The number of nitrogens with zero attached hydrogens (tertiary/aromatic N) is 2. The number of hydrogen-bond donors (Lipinski definition) is 1. The van der Waals surface area contributed by atoms with E-state index in [9.17, 15) is 4.79 Å². The Morgan fingerprint density at radius 2 is 1.96 bits per heavy atom. The number of imidazole rings is 1. The molecule has 0 atom stereocenters. The van der Waals surface area contributed by atoms with Crippen molar-refractivity contribution in [1.82, 2.24) is 9.55 Å². The van der Waals surface area contributed by atoms with Gasteiger partial charge in [0, 0.05) is 10.8 Å². The van der Waals surface area contributed by atoms with E-state index in [4.69, 9.17) is 21.4 Å². The summed E-state index contributed by atoms with van der Waals surface area (Å²) in [6.45, 7) is 1.10. The number of para-hydroxylation sites is 2. The van der Waals surface area contributed by atoms with Gasteiger partial charge in [0.05, 0.1) is 24.0 Å². The van der Waals surface area contributed by atoms with Crippen molar-refractivity contribution in [2.75, 3.05) is 12.4 Å². The van der Waals surface area contributed by atoms with Crippen LogP contribution in [0.4, 0.5) is 0 Å². The molecular formula is C18H17ClN2O3S. The Morgan fingerprint density at radius 3 is 2.72 bits per heavy atom. The van der Waals surface area contributed by atoms with Crippen LogP contribution >= 0.6 is 23.4 Å². The number of fused-ring (bicyclic) bond motifs is 1. The molecule has 2 aromatic carbocycles. The van der Waals surface area contributed by atoms with E-state index >= 15 is 0 Å². The minimum atomic E-state index is -0.804. The number of thioether (sulfide) groups is 1. The quantitative estimate of drug-likeness (QED) is 0.592. The Balaban J connectivity index is 1.71. The van der Waals surface area contributed by atoms with Gasteiger partial charge in [-0.1, -0.05) is 35.5 Å². The first-order valence-corrected chi connectivity index (χ1v) is 9.18. The van der Waals surface area contributed by atoms with Crippen LogP contribution in [0.25, 0.3) is 11.0 Å². The summed E-state index contributed by atoms with van der Waals surface area (Å²) in [4.78, 5) is 15.3. The lowest BCUT2D eigenvalue weighted by Crippen LogP contribution is -2.09. The highest BCUT2D eigenvalue weighted by atomic mass is 35.5. The van der Waals surface area contributed by atoms with Gasteiger partial charge < -0.3 is 14.4 Å². The van der Waals surface area contributed by atoms with Gasteiger partial charge in [-0.2, -0.15) is 0 Å². The van der Waals surface area contributed by atoms with E-state index in [2.05, 4.69) is 9.55 Å². The van der Waals surface area contributed by atoms with Gasteiger partial charge in [0.1, 0.15) is 12.4 Å². The molecule has 0 unspecified atom stereocenters. The van der Waals surface area contributed by atoms with Crippen LogP contribution in [0.15, 0.2) is 53.7 Å². The number of halogens is 1. The molecule has 0 bridgehead atoms. The second-order valence-electron chi connectivity index (χ2n) is 5.33. The molecule has 0 amide bonds. The molecule has 1 N–H and O–H groups in total. The summed E-state index contributed by atoms with van der Waals surface area (Å²) in [5, 5.41) is 10.3. The summed E-state index contributed by atoms with van der Waals surface area (Å²) in [6, 6.07) is 15.1. The van der Waals surface area contributed by atoms with Crippen molar-refractivity contribution in [3.8, 4) is 5.75 Å². The van der Waals surface area contributed by atoms with E-state index in [0.29, 0.717) is 23.9 Å². The molecule has 0 saturated carbocycles. The molecule has 3 rings (SSSR count). The van der Waals surface area contributed by atoms with Crippen molar-refractivity contribution < 1.29 is 14.6 Å². The zero-order valence-corrected chi connectivity index (χ0v) is 15.0. The molecule has 130 valence electrons. The molecule has 0 aliphatic heterocycles. The molecule has 3 aromatic rings. The first-order valence-electron chi connectivity index (χ1n) is 7.82. The van der Waals surface area contributed by atoms with E-state index in [0.717, 1.165) is 21.9 Å². The Kier molecular flexibility index (Phi) is 5.83. The molecule has 0 aliphatic carbocycles. The third kappa shape index (κ3) is 4.67. The van der Waals surface area contributed by atoms with Crippen LogP contribution in [0.3, 0.4) is 0 Å². The zero-order chi connectivity index (χ0) is 17.6. The maximum absolute atomic E-state index is 10.7. The van der Waals surface area contributed by atoms with Crippen LogP contribution in [-0.4, -0.2) is 33.0 Å². The molecule has 0 radical (unpaired) electrons. The highest BCUT2D eigenvalue weighted by Crippen LogP contribution is 2.25. The highest BCUT2D eigenvalue weighted by Gasteiger charge is 2.11. The largest absolute Gasteiger partial charge is 0.492 e. The molecule has 0 saturated heterocycles. The number of hydrogen-bond acceptors (Lipinski definition) is 4. The predicted octanol–water partition coefficient (Wildman–Crippen LogP) is 4.34. The van der Waals surface area contributed by atoms with E-state index in [1.807, 2.05) is 36.4 Å². The van der Waals surface area contributed by atoms with Crippen molar-refractivity contribution in [3.63, 3.8) is 0 Å². The van der Waals surface area contributed by atoms with Crippen molar-refractivity contribution in [1.29, 1.82) is 0 Å². The summed E-state index contributed by atoms with van der Waals surface area (Å²) in [5.41, 5.74) is 1.91. The molecule has 1 aromatic heterocycles. The maximum atomic E-state index is 10.7. The Hall–Kier alpha value is -2.18. The Morgan fingerprint density at radius 1 is 1.20 bits per heavy atom. The average molecular weight is 377 g/mol. The van der Waals surface area contributed by atoms with Gasteiger partial charge in [0.15, 0.2) is 5.16 Å². The topological polar surface area (TPSA) is 64.3 Å². The van der Waals surface area contributed by atoms with Crippen molar-refractivity contribution in [2.45, 2.75) is 18.1 Å². The van der Waals surface area contributed by atoms with Gasteiger partial charge in [-0.25, -0.2) is 4.98 Å². The lowest BCUT2D eigenvalue weighted by molar-refractivity contribution is -0.136. The number of carboxylic acid groups (broad SMARTS) is 1. The number of benzene rings is 2. The van der Waals surface area contributed by atoms with E-state index < -0.39 is 5.97 Å². The monoisotopic (exact) mass is 376 g/mol. The summed E-state index contributed by atoms with van der Waals surface area (Å²) in [5.74, 6) is 0.437. The standard InChI is InChI=1S/C18H17ClN2O3S/c19-13-5-7-14(8-6-13)24-11-10-21-16-4-2-1-3-15(16)20-18(21)25-12-9-17(22)23/h1-8H,9-12H2,(H,22,23). The van der Waals surface area contributed by atoms with Gasteiger partial charge >= 0.3 is 5.97 Å². The molecule has 5 nitrogen and oxygen atoms in total. The summed E-state index contributed by atoms with van der Waals surface area (Å²) < 4.78 is 7.84. The van der Waals surface area contributed by atoms with Gasteiger partial charge in [0.25, 0.3) is 0 Å². The van der Waals surface area contributed by atoms with E-state index in [-0.39, 0.29) is 6.42 Å². The molecule has 7 heteroatoms. The fourth-order valence-corrected chi connectivity index (χ4v) is 3.49. The van der Waals surface area contributed by atoms with Crippen molar-refractivity contribution in [3.05, 3.63) is 53.6 Å². The number of ether oxygens (including phenoxy) is 1. The number of carbonyl (C=O) groups is 1. The van der Waals surface area contributed by atoms with Crippen molar-refractivity contribution in [2.24, 2.45) is 0 Å². The van der Waals surface area contributed by atoms with Crippen LogP contribution in [0.5, 0.6) is 5.75 Å². The van der Waals surface area contributed by atoms with Gasteiger partial charge in [0.2, 0.25) is 0 Å². The van der Waals surface area contributed by atoms with Crippen LogP contribution in [0.1, 0.15) is 6.42 Å². The number of carboxylic acids is 1. The summed E-state index contributed by atoms with van der Waals surface area (Å²) in [7, 11) is 0. The predicted molar refractivity (Wildman–Crippen MR) is 99.7 cm³/mol. The van der Waals surface area contributed by atoms with E-state index in [1.165, 1.54) is 11.8 Å². The first-order chi connectivity index (χ1) is 12.1. The zero-order valence-electron chi connectivity index (χ0n) is 13.4. The lowest BCUT2D eigenvalue weighted by Gasteiger charge is -2.10. The lowest BCUT2D eigenvalue weighted by atomic mass is 10.3. The molecule has 0 spiro atoms. The minimum Gasteiger partial charge on any atom is -0.492 e. The van der Waals surface area contributed by atoms with Crippen molar-refractivity contribution >= 4 is 40.4 Å². The van der Waals surface area contributed by atoms with Gasteiger partial charge in [-0.15, -0.1) is 0 Å². The van der Waals surface area contributed by atoms with Crippen LogP contribution < -0.4 is 4.74 Å². The smallest absolute Gasteiger partial charge is 0.304 e. The molecule has 1 heterocycles. The molecule has 0 aliphatic rings. The van der Waals surface area contributed by atoms with Gasteiger partial charge in [-0.3, -0.25) is 4.79 Å². The molecular weight excluding hydrogens is 360 g/mol. The van der Waals surface area contributed by atoms with E-state index in [1.54, 1.807) is 12.1 Å². The first kappa shape index (κ1) is 17.6. The van der Waals surface area contributed by atoms with Gasteiger partial charge in [-0.05, 0) is 36.4 Å². The minimum absolute atomic E-state index is 0.106. The normalized spacial score (nSPS) is 10.9.